The Kier molecular flexibility index (Phi) is 6.02. The number of amides is 1. The highest BCUT2D eigenvalue weighted by atomic mass is 16.4. The highest BCUT2D eigenvalue weighted by Crippen LogP contribution is 2.04. The maximum absolute atomic E-state index is 11.6. The van der Waals surface area contributed by atoms with Gasteiger partial charge in [0, 0.05) is 19.0 Å². The highest BCUT2D eigenvalue weighted by molar-refractivity contribution is 5.87. The zero-order valence-electron chi connectivity index (χ0n) is 11.3. The van der Waals surface area contributed by atoms with Crippen molar-refractivity contribution >= 4 is 11.9 Å². The molecule has 0 spiro atoms. The summed E-state index contributed by atoms with van der Waals surface area (Å²) in [6.45, 7) is 5.21. The molecule has 0 radical (unpaired) electrons. The fraction of sp³-hybridized carbons (Fsp3) is 0.429. The summed E-state index contributed by atoms with van der Waals surface area (Å²) in [5.41, 5.74) is 1.13. The van der Waals surface area contributed by atoms with Gasteiger partial charge in [0.05, 0.1) is 5.56 Å². The van der Waals surface area contributed by atoms with Gasteiger partial charge in [-0.1, -0.05) is 19.1 Å². The van der Waals surface area contributed by atoms with Gasteiger partial charge in [0.15, 0.2) is 0 Å². The van der Waals surface area contributed by atoms with Crippen LogP contribution in [0, 0.1) is 0 Å². The molecule has 0 aliphatic rings. The Labute approximate surface area is 113 Å². The van der Waals surface area contributed by atoms with E-state index in [9.17, 15) is 9.59 Å². The zero-order chi connectivity index (χ0) is 14.3. The molecule has 0 aliphatic heterocycles. The summed E-state index contributed by atoms with van der Waals surface area (Å²) in [5, 5.41) is 14.7. The molecule has 0 saturated heterocycles. The molecular weight excluding hydrogens is 244 g/mol. The van der Waals surface area contributed by atoms with Gasteiger partial charge in [0.1, 0.15) is 0 Å². The number of carboxylic acids is 1. The molecule has 0 heterocycles. The highest BCUT2D eigenvalue weighted by Gasteiger charge is 2.07. The van der Waals surface area contributed by atoms with Gasteiger partial charge in [-0.25, -0.2) is 4.79 Å². The molecule has 1 unspecified atom stereocenters. The van der Waals surface area contributed by atoms with Gasteiger partial charge in [-0.05, 0) is 31.2 Å². The van der Waals surface area contributed by atoms with E-state index in [1.54, 1.807) is 12.1 Å². The SMILES string of the molecule is CCNC(C)CC(=O)NCc1ccc(C(=O)O)cc1. The lowest BCUT2D eigenvalue weighted by atomic mass is 10.1. The fourth-order valence-corrected chi connectivity index (χ4v) is 1.74. The van der Waals surface area contributed by atoms with Gasteiger partial charge in [-0.3, -0.25) is 4.79 Å². The van der Waals surface area contributed by atoms with Gasteiger partial charge in [-0.2, -0.15) is 0 Å². The molecule has 0 fully saturated rings. The van der Waals surface area contributed by atoms with Crippen LogP contribution in [0.1, 0.15) is 36.2 Å². The van der Waals surface area contributed by atoms with Gasteiger partial charge in [0.25, 0.3) is 0 Å². The Balaban J connectivity index is 2.39. The largest absolute Gasteiger partial charge is 0.478 e. The Morgan fingerprint density at radius 2 is 1.89 bits per heavy atom. The third-order valence-electron chi connectivity index (χ3n) is 2.73. The van der Waals surface area contributed by atoms with E-state index >= 15 is 0 Å². The minimum atomic E-state index is -0.949. The first kappa shape index (κ1) is 15.2. The van der Waals surface area contributed by atoms with Crippen molar-refractivity contribution < 1.29 is 14.7 Å². The lowest BCUT2D eigenvalue weighted by Crippen LogP contribution is -2.33. The lowest BCUT2D eigenvalue weighted by molar-refractivity contribution is -0.121. The molecule has 1 aromatic rings. The van der Waals surface area contributed by atoms with Gasteiger partial charge in [-0.15, -0.1) is 0 Å². The summed E-state index contributed by atoms with van der Waals surface area (Å²) in [6, 6.07) is 6.63. The average molecular weight is 264 g/mol. The predicted molar refractivity (Wildman–Crippen MR) is 73.0 cm³/mol. The molecule has 1 aromatic carbocycles. The Bertz CT molecular complexity index is 429. The van der Waals surface area contributed by atoms with Crippen LogP contribution in [-0.2, 0) is 11.3 Å². The van der Waals surface area contributed by atoms with Crippen molar-refractivity contribution in [1.29, 1.82) is 0 Å². The van der Waals surface area contributed by atoms with Crippen molar-refractivity contribution in [2.45, 2.75) is 32.9 Å². The van der Waals surface area contributed by atoms with Crippen molar-refractivity contribution in [2.75, 3.05) is 6.54 Å². The van der Waals surface area contributed by atoms with Crippen molar-refractivity contribution in [3.05, 3.63) is 35.4 Å². The van der Waals surface area contributed by atoms with Crippen molar-refractivity contribution in [1.82, 2.24) is 10.6 Å². The number of rotatable bonds is 7. The number of hydrogen-bond donors (Lipinski definition) is 3. The number of carbonyl (C=O) groups is 2. The summed E-state index contributed by atoms with van der Waals surface area (Å²) in [7, 11) is 0. The van der Waals surface area contributed by atoms with E-state index in [1.807, 2.05) is 13.8 Å². The lowest BCUT2D eigenvalue weighted by Gasteiger charge is -2.12. The van der Waals surface area contributed by atoms with Gasteiger partial charge in [0.2, 0.25) is 5.91 Å². The number of hydrogen-bond acceptors (Lipinski definition) is 3. The van der Waals surface area contributed by atoms with E-state index in [0.717, 1.165) is 12.1 Å². The number of carbonyl (C=O) groups excluding carboxylic acids is 1. The van der Waals surface area contributed by atoms with E-state index in [2.05, 4.69) is 10.6 Å². The second-order valence-corrected chi connectivity index (χ2v) is 4.44. The molecule has 0 aliphatic carbocycles. The molecule has 5 heteroatoms. The average Bonchev–Trinajstić information content (AvgIpc) is 2.37. The van der Waals surface area contributed by atoms with E-state index in [-0.39, 0.29) is 17.5 Å². The summed E-state index contributed by atoms with van der Waals surface area (Å²) in [4.78, 5) is 22.3. The fourth-order valence-electron chi connectivity index (χ4n) is 1.74. The predicted octanol–water partition coefficient (Wildman–Crippen LogP) is 1.39. The Morgan fingerprint density at radius 1 is 1.26 bits per heavy atom. The first-order chi connectivity index (χ1) is 9.02. The van der Waals surface area contributed by atoms with Crippen LogP contribution in [0.2, 0.25) is 0 Å². The van der Waals surface area contributed by atoms with Gasteiger partial charge >= 0.3 is 5.97 Å². The van der Waals surface area contributed by atoms with Crippen LogP contribution in [0.15, 0.2) is 24.3 Å². The minimum absolute atomic E-state index is 0.0178. The van der Waals surface area contributed by atoms with Crippen LogP contribution in [-0.4, -0.2) is 29.6 Å². The van der Waals surface area contributed by atoms with Crippen LogP contribution in [0.25, 0.3) is 0 Å². The Hall–Kier alpha value is -1.88. The smallest absolute Gasteiger partial charge is 0.335 e. The molecule has 3 N–H and O–H groups in total. The molecule has 1 atom stereocenters. The van der Waals surface area contributed by atoms with Crippen molar-refractivity contribution in [2.24, 2.45) is 0 Å². The monoisotopic (exact) mass is 264 g/mol. The molecular formula is C14H20N2O3. The number of nitrogens with one attached hydrogen (secondary N) is 2. The standard InChI is InChI=1S/C14H20N2O3/c1-3-15-10(2)8-13(17)16-9-11-4-6-12(7-5-11)14(18)19/h4-7,10,15H,3,8-9H2,1-2H3,(H,16,17)(H,18,19). The van der Waals surface area contributed by atoms with E-state index in [1.165, 1.54) is 12.1 Å². The van der Waals surface area contributed by atoms with E-state index in [0.29, 0.717) is 13.0 Å². The summed E-state index contributed by atoms with van der Waals surface area (Å²) >= 11 is 0. The summed E-state index contributed by atoms with van der Waals surface area (Å²) in [5.74, 6) is -0.967. The first-order valence-corrected chi connectivity index (χ1v) is 6.35. The second-order valence-electron chi connectivity index (χ2n) is 4.44. The van der Waals surface area contributed by atoms with Crippen LogP contribution in [0.4, 0.5) is 0 Å². The van der Waals surface area contributed by atoms with Crippen LogP contribution >= 0.6 is 0 Å². The van der Waals surface area contributed by atoms with E-state index < -0.39 is 5.97 Å². The molecule has 104 valence electrons. The third kappa shape index (κ3) is 5.52. The normalized spacial score (nSPS) is 11.9. The molecule has 0 aromatic heterocycles. The number of benzene rings is 1. The first-order valence-electron chi connectivity index (χ1n) is 6.35. The summed E-state index contributed by atoms with van der Waals surface area (Å²) in [6.07, 6.45) is 0.432. The topological polar surface area (TPSA) is 78.4 Å². The van der Waals surface area contributed by atoms with Crippen LogP contribution < -0.4 is 10.6 Å². The molecule has 19 heavy (non-hydrogen) atoms. The quantitative estimate of drug-likeness (QED) is 0.695. The maximum Gasteiger partial charge on any atom is 0.335 e. The molecule has 1 rings (SSSR count). The Morgan fingerprint density at radius 3 is 2.42 bits per heavy atom. The molecule has 1 amide bonds. The number of carboxylic acid groups (broad SMARTS) is 1. The minimum Gasteiger partial charge on any atom is -0.478 e. The molecule has 0 bridgehead atoms. The van der Waals surface area contributed by atoms with Crippen LogP contribution in [0.3, 0.4) is 0 Å². The van der Waals surface area contributed by atoms with Crippen molar-refractivity contribution in [3.8, 4) is 0 Å². The molecule has 5 nitrogen and oxygen atoms in total. The van der Waals surface area contributed by atoms with E-state index in [4.69, 9.17) is 5.11 Å². The second kappa shape index (κ2) is 7.53. The summed E-state index contributed by atoms with van der Waals surface area (Å²) < 4.78 is 0. The zero-order valence-corrected chi connectivity index (χ0v) is 11.3. The molecule has 0 saturated carbocycles. The number of aromatic carboxylic acids is 1. The van der Waals surface area contributed by atoms with Crippen molar-refractivity contribution in [3.63, 3.8) is 0 Å². The van der Waals surface area contributed by atoms with Crippen LogP contribution in [0.5, 0.6) is 0 Å². The third-order valence-corrected chi connectivity index (χ3v) is 2.73. The maximum atomic E-state index is 11.6. The van der Waals surface area contributed by atoms with Gasteiger partial charge < -0.3 is 15.7 Å².